The van der Waals surface area contributed by atoms with Gasteiger partial charge in [0, 0.05) is 66.9 Å². The first kappa shape index (κ1) is 28.5. The minimum atomic E-state index is 0.619. The number of oxazole rings is 2. The van der Waals surface area contributed by atoms with Crippen molar-refractivity contribution in [2.45, 2.75) is 25.9 Å². The van der Waals surface area contributed by atoms with E-state index in [1.165, 1.54) is 0 Å². The van der Waals surface area contributed by atoms with Crippen LogP contribution in [0.4, 0.5) is 11.6 Å². The molecule has 0 N–H and O–H groups in total. The number of benzene rings is 2. The Kier molecular flexibility index (Phi) is 8.07. The summed E-state index contributed by atoms with van der Waals surface area (Å²) in [6.45, 7) is 3.06. The Morgan fingerprint density at radius 3 is 1.80 bits per heavy atom. The smallest absolute Gasteiger partial charge is 0.226 e. The predicted octanol–water partition coefficient (Wildman–Crippen LogP) is 6.05. The standard InChI is InChI=1S/C17H16N4O2.C16H13ClN4O/c1-22-13-4-2-12(3-5-13)17-20-14-11-21(9-6-15(14)23-17)16-10-18-7-8-19-16;17-12-3-1-2-11(8-12)16-20-13-10-21(7-4-14(13)22-16)15-9-18-5-6-19-15/h2-5,7-8,10H,6,9,11H2,1H3;1-3,5-6,8-9H,4,7,10H2. The average molecular weight is 621 g/mol. The SMILES string of the molecule is COc1ccc(-c2nc3c(o2)CCN(c2cnccn2)C3)cc1.Clc1cccc(-c2nc3c(o2)CCN(c2cnccn2)C3)c1. The van der Waals surface area contributed by atoms with E-state index in [0.29, 0.717) is 29.9 Å². The van der Waals surface area contributed by atoms with Crippen molar-refractivity contribution in [2.75, 3.05) is 30.0 Å². The van der Waals surface area contributed by atoms with Crippen molar-refractivity contribution in [3.8, 4) is 28.7 Å². The molecule has 2 aromatic carbocycles. The molecule has 2 aliphatic heterocycles. The molecule has 6 heterocycles. The van der Waals surface area contributed by atoms with E-state index >= 15 is 0 Å². The first-order valence-corrected chi connectivity index (χ1v) is 14.9. The maximum absolute atomic E-state index is 6.03. The third-order valence-electron chi connectivity index (χ3n) is 7.61. The highest BCUT2D eigenvalue weighted by Gasteiger charge is 2.25. The van der Waals surface area contributed by atoms with Gasteiger partial charge < -0.3 is 23.4 Å². The van der Waals surface area contributed by atoms with Gasteiger partial charge in [-0.2, -0.15) is 0 Å². The van der Waals surface area contributed by atoms with Crippen molar-refractivity contribution in [3.63, 3.8) is 0 Å². The lowest BCUT2D eigenvalue weighted by molar-refractivity contribution is 0.415. The van der Waals surface area contributed by atoms with Gasteiger partial charge in [-0.25, -0.2) is 19.9 Å². The summed E-state index contributed by atoms with van der Waals surface area (Å²) in [6, 6.07) is 15.3. The monoisotopic (exact) mass is 620 g/mol. The molecule has 45 heavy (non-hydrogen) atoms. The summed E-state index contributed by atoms with van der Waals surface area (Å²) in [7, 11) is 1.65. The largest absolute Gasteiger partial charge is 0.497 e. The number of methoxy groups -OCH3 is 1. The minimum Gasteiger partial charge on any atom is -0.497 e. The van der Waals surface area contributed by atoms with Crippen LogP contribution >= 0.6 is 11.6 Å². The zero-order valence-corrected chi connectivity index (χ0v) is 25.3. The quantitative estimate of drug-likeness (QED) is 0.224. The van der Waals surface area contributed by atoms with Gasteiger partial charge in [-0.05, 0) is 42.5 Å². The van der Waals surface area contributed by atoms with Gasteiger partial charge >= 0.3 is 0 Å². The van der Waals surface area contributed by atoms with Crippen LogP contribution in [0.5, 0.6) is 5.75 Å². The lowest BCUT2D eigenvalue weighted by Gasteiger charge is -2.25. The third-order valence-corrected chi connectivity index (χ3v) is 7.85. The Morgan fingerprint density at radius 2 is 1.29 bits per heavy atom. The molecule has 0 spiro atoms. The molecule has 0 saturated carbocycles. The second-order valence-corrected chi connectivity index (χ2v) is 10.9. The van der Waals surface area contributed by atoms with Crippen LogP contribution in [0.1, 0.15) is 22.9 Å². The van der Waals surface area contributed by atoms with Gasteiger partial charge in [-0.1, -0.05) is 17.7 Å². The summed E-state index contributed by atoms with van der Waals surface area (Å²) in [4.78, 5) is 30.5. The fourth-order valence-corrected chi connectivity index (χ4v) is 5.49. The predicted molar refractivity (Wildman–Crippen MR) is 169 cm³/mol. The van der Waals surface area contributed by atoms with Gasteiger partial charge in [-0.3, -0.25) is 9.97 Å². The van der Waals surface area contributed by atoms with Crippen molar-refractivity contribution < 1.29 is 13.6 Å². The van der Waals surface area contributed by atoms with Crippen LogP contribution in [0.2, 0.25) is 5.02 Å². The molecule has 0 bridgehead atoms. The van der Waals surface area contributed by atoms with Crippen LogP contribution in [0.15, 0.2) is 94.5 Å². The zero-order chi connectivity index (χ0) is 30.6. The van der Waals surface area contributed by atoms with Crippen molar-refractivity contribution in [3.05, 3.63) is 114 Å². The van der Waals surface area contributed by atoms with Crippen molar-refractivity contribution in [1.82, 2.24) is 29.9 Å². The van der Waals surface area contributed by atoms with E-state index in [1.54, 1.807) is 44.3 Å². The lowest BCUT2D eigenvalue weighted by Crippen LogP contribution is -2.30. The maximum atomic E-state index is 6.03. The molecule has 226 valence electrons. The summed E-state index contributed by atoms with van der Waals surface area (Å²) < 4.78 is 17.0. The van der Waals surface area contributed by atoms with Crippen LogP contribution in [0.25, 0.3) is 22.9 Å². The number of aromatic nitrogens is 6. The van der Waals surface area contributed by atoms with E-state index in [2.05, 4.69) is 39.7 Å². The van der Waals surface area contributed by atoms with Gasteiger partial charge in [0.15, 0.2) is 0 Å². The Hall–Kier alpha value is -5.29. The molecule has 8 rings (SSSR count). The molecular formula is C33H29ClN8O3. The second kappa shape index (κ2) is 12.7. The molecule has 11 nitrogen and oxygen atoms in total. The highest BCUT2D eigenvalue weighted by atomic mass is 35.5. The highest BCUT2D eigenvalue weighted by molar-refractivity contribution is 6.30. The molecular weight excluding hydrogens is 592 g/mol. The van der Waals surface area contributed by atoms with Crippen molar-refractivity contribution in [2.24, 2.45) is 0 Å². The van der Waals surface area contributed by atoms with Gasteiger partial charge in [0.05, 0.1) is 32.6 Å². The molecule has 0 aliphatic carbocycles. The summed E-state index contributed by atoms with van der Waals surface area (Å²) in [5.41, 5.74) is 3.76. The molecule has 6 aromatic rings. The van der Waals surface area contributed by atoms with Crippen LogP contribution in [-0.4, -0.2) is 50.1 Å². The highest BCUT2D eigenvalue weighted by Crippen LogP contribution is 2.30. The number of anilines is 2. The van der Waals surface area contributed by atoms with Gasteiger partial charge in [0.25, 0.3) is 0 Å². The zero-order valence-electron chi connectivity index (χ0n) is 24.5. The number of ether oxygens (including phenoxy) is 1. The summed E-state index contributed by atoms with van der Waals surface area (Å²) in [6.07, 6.45) is 11.9. The number of rotatable bonds is 5. The molecule has 0 amide bonds. The lowest BCUT2D eigenvalue weighted by atomic mass is 10.1. The number of nitrogens with zero attached hydrogens (tertiary/aromatic N) is 8. The van der Waals surface area contributed by atoms with E-state index in [4.69, 9.17) is 25.2 Å². The van der Waals surface area contributed by atoms with Crippen molar-refractivity contribution in [1.29, 1.82) is 0 Å². The summed E-state index contributed by atoms with van der Waals surface area (Å²) in [5, 5.41) is 0.676. The molecule has 4 aromatic heterocycles. The first-order chi connectivity index (χ1) is 22.1. The Morgan fingerprint density at radius 1 is 0.711 bits per heavy atom. The Labute approximate surface area is 264 Å². The molecule has 0 saturated heterocycles. The molecule has 12 heteroatoms. The minimum absolute atomic E-state index is 0.619. The molecule has 0 unspecified atom stereocenters. The van der Waals surface area contributed by atoms with Gasteiger partial charge in [-0.15, -0.1) is 0 Å². The van der Waals surface area contributed by atoms with Gasteiger partial charge in [0.2, 0.25) is 11.8 Å². The number of hydrogen-bond donors (Lipinski definition) is 0. The van der Waals surface area contributed by atoms with E-state index < -0.39 is 0 Å². The molecule has 0 atom stereocenters. The number of hydrogen-bond acceptors (Lipinski definition) is 11. The van der Waals surface area contributed by atoms with E-state index in [0.717, 1.165) is 77.4 Å². The van der Waals surface area contributed by atoms with Crippen LogP contribution in [0.3, 0.4) is 0 Å². The van der Waals surface area contributed by atoms with E-state index in [-0.39, 0.29) is 0 Å². The topological polar surface area (TPSA) is 119 Å². The molecule has 0 fully saturated rings. The number of halogens is 1. The van der Waals surface area contributed by atoms with Crippen LogP contribution in [-0.2, 0) is 25.9 Å². The van der Waals surface area contributed by atoms with Crippen LogP contribution in [0, 0.1) is 0 Å². The fraction of sp³-hybridized carbons (Fsp3) is 0.212. The summed E-state index contributed by atoms with van der Waals surface area (Å²) >= 11 is 6.03. The molecule has 2 aliphatic rings. The van der Waals surface area contributed by atoms with Crippen LogP contribution < -0.4 is 14.5 Å². The third kappa shape index (κ3) is 6.34. The maximum Gasteiger partial charge on any atom is 0.226 e. The van der Waals surface area contributed by atoms with Gasteiger partial charge in [0.1, 0.15) is 40.3 Å². The first-order valence-electron chi connectivity index (χ1n) is 14.5. The average Bonchev–Trinajstić information content (AvgIpc) is 3.73. The Balaban J connectivity index is 0.000000145. The fourth-order valence-electron chi connectivity index (χ4n) is 5.30. The van der Waals surface area contributed by atoms with Crippen molar-refractivity contribution >= 4 is 23.2 Å². The number of fused-ring (bicyclic) bond motifs is 2. The second-order valence-electron chi connectivity index (χ2n) is 10.5. The Bertz CT molecular complexity index is 1880. The summed E-state index contributed by atoms with van der Waals surface area (Å²) in [5.74, 6) is 5.71. The normalized spacial score (nSPS) is 13.8. The molecule has 0 radical (unpaired) electrons. The van der Waals surface area contributed by atoms with E-state index in [9.17, 15) is 0 Å². The van der Waals surface area contributed by atoms with E-state index in [1.807, 2.05) is 48.5 Å².